The van der Waals surface area contributed by atoms with E-state index in [1.807, 2.05) is 25.1 Å². The summed E-state index contributed by atoms with van der Waals surface area (Å²) in [6, 6.07) is 5.85. The van der Waals surface area contributed by atoms with Crippen molar-refractivity contribution in [3.8, 4) is 0 Å². The minimum Gasteiger partial charge on any atom is -0.349 e. The molecule has 1 aromatic carbocycles. The number of aromatic nitrogens is 2. The molecule has 2 aromatic rings. The van der Waals surface area contributed by atoms with Crippen molar-refractivity contribution < 1.29 is 18.4 Å². The summed E-state index contributed by atoms with van der Waals surface area (Å²) in [5.41, 5.74) is 1.81. The van der Waals surface area contributed by atoms with Crippen LogP contribution in [-0.4, -0.2) is 44.5 Å². The molecule has 0 amide bonds. The molecule has 1 saturated heterocycles. The summed E-state index contributed by atoms with van der Waals surface area (Å²) in [6.45, 7) is 4.07. The Bertz CT molecular complexity index is 854. The Labute approximate surface area is 141 Å². The average Bonchev–Trinajstić information content (AvgIpc) is 2.53. The third-order valence-corrected chi connectivity index (χ3v) is 5.07. The number of fused-ring (bicyclic) bond motifs is 1. The molecular formula is C16H23N4O3S+. The molecular weight excluding hydrogens is 328 g/mol. The van der Waals surface area contributed by atoms with Gasteiger partial charge < -0.3 is 10.1 Å². The molecule has 24 heavy (non-hydrogen) atoms. The molecule has 0 saturated carbocycles. The van der Waals surface area contributed by atoms with Crippen LogP contribution in [0.2, 0.25) is 0 Å². The Hall–Kier alpha value is -1.93. The van der Waals surface area contributed by atoms with Crippen molar-refractivity contribution in [3.05, 3.63) is 30.1 Å². The van der Waals surface area contributed by atoms with E-state index in [2.05, 4.69) is 14.6 Å². The highest BCUT2D eigenvalue weighted by Crippen LogP contribution is 2.27. The van der Waals surface area contributed by atoms with Crippen LogP contribution >= 0.6 is 0 Å². The number of anilines is 1. The standard InChI is InChI=1S/C16H23N4O3S/c1-12-5-6-15-14(8-12)16(17-11-20(15)21)19-7-3-4-13(10-19)9-18-24(2,22)23/h5-6,8,11,13,18,21H,3-4,7,9-10H2,1-2H3/q+1. The van der Waals surface area contributed by atoms with Gasteiger partial charge in [-0.2, -0.15) is 0 Å². The van der Waals surface area contributed by atoms with Crippen molar-refractivity contribution >= 4 is 26.7 Å². The van der Waals surface area contributed by atoms with E-state index in [1.165, 1.54) is 12.6 Å². The summed E-state index contributed by atoms with van der Waals surface area (Å²) in [4.78, 5) is 6.60. The molecule has 1 atom stereocenters. The molecule has 1 aliphatic heterocycles. The number of piperidine rings is 1. The van der Waals surface area contributed by atoms with E-state index in [9.17, 15) is 13.6 Å². The highest BCUT2D eigenvalue weighted by atomic mass is 32.2. The lowest BCUT2D eigenvalue weighted by Crippen LogP contribution is -2.42. The molecule has 7 nitrogen and oxygen atoms in total. The van der Waals surface area contributed by atoms with Gasteiger partial charge in [0.1, 0.15) is 0 Å². The van der Waals surface area contributed by atoms with Crippen LogP contribution in [0.1, 0.15) is 18.4 Å². The molecule has 0 aliphatic carbocycles. The Balaban J connectivity index is 1.87. The first-order valence-corrected chi connectivity index (χ1v) is 9.92. The van der Waals surface area contributed by atoms with Crippen molar-refractivity contribution in [1.29, 1.82) is 0 Å². The van der Waals surface area contributed by atoms with Crippen LogP contribution in [-0.2, 0) is 10.0 Å². The van der Waals surface area contributed by atoms with Crippen LogP contribution < -0.4 is 14.4 Å². The van der Waals surface area contributed by atoms with E-state index in [1.54, 1.807) is 0 Å². The Morgan fingerprint density at radius 2 is 2.25 bits per heavy atom. The maximum Gasteiger partial charge on any atom is 0.328 e. The highest BCUT2D eigenvalue weighted by Gasteiger charge is 2.26. The van der Waals surface area contributed by atoms with Crippen molar-refractivity contribution in [2.75, 3.05) is 30.8 Å². The minimum atomic E-state index is -3.17. The second-order valence-electron chi connectivity index (χ2n) is 6.51. The van der Waals surface area contributed by atoms with Crippen LogP contribution in [0.3, 0.4) is 0 Å². The SMILES string of the molecule is Cc1ccc2c(c1)c(N1CCCC(CNS(C)(=O)=O)C1)nc[n+]2O. The van der Waals surface area contributed by atoms with Crippen molar-refractivity contribution in [2.45, 2.75) is 19.8 Å². The van der Waals surface area contributed by atoms with Gasteiger partial charge in [-0.3, -0.25) is 0 Å². The second kappa shape index (κ2) is 6.52. The fourth-order valence-electron chi connectivity index (χ4n) is 3.22. The Morgan fingerprint density at radius 1 is 1.46 bits per heavy atom. The van der Waals surface area contributed by atoms with Gasteiger partial charge in [-0.25, -0.2) is 13.1 Å². The van der Waals surface area contributed by atoms with Gasteiger partial charge >= 0.3 is 6.33 Å². The summed E-state index contributed by atoms with van der Waals surface area (Å²) in [5.74, 6) is 1.08. The first kappa shape index (κ1) is 16.9. The van der Waals surface area contributed by atoms with Gasteiger partial charge in [0.15, 0.2) is 5.52 Å². The van der Waals surface area contributed by atoms with Gasteiger partial charge in [0, 0.05) is 19.6 Å². The molecule has 1 unspecified atom stereocenters. The molecule has 8 heteroatoms. The van der Waals surface area contributed by atoms with E-state index >= 15 is 0 Å². The van der Waals surface area contributed by atoms with Crippen LogP contribution in [0.25, 0.3) is 10.9 Å². The molecule has 1 aromatic heterocycles. The topological polar surface area (TPSA) is 86.4 Å². The summed E-state index contributed by atoms with van der Waals surface area (Å²) in [6.07, 6.45) is 4.57. The molecule has 0 radical (unpaired) electrons. The fourth-order valence-corrected chi connectivity index (χ4v) is 3.75. The molecule has 2 heterocycles. The average molecular weight is 351 g/mol. The maximum absolute atomic E-state index is 11.3. The van der Waals surface area contributed by atoms with Crippen LogP contribution in [0.4, 0.5) is 5.82 Å². The zero-order valence-corrected chi connectivity index (χ0v) is 14.8. The lowest BCUT2D eigenvalue weighted by molar-refractivity contribution is -0.886. The summed E-state index contributed by atoms with van der Waals surface area (Å²) >= 11 is 0. The number of hydrogen-bond acceptors (Lipinski definition) is 5. The predicted molar refractivity (Wildman–Crippen MR) is 91.6 cm³/mol. The smallest absolute Gasteiger partial charge is 0.328 e. The molecule has 1 aliphatic rings. The number of aryl methyl sites for hydroxylation is 1. The first-order chi connectivity index (χ1) is 11.3. The zero-order valence-electron chi connectivity index (χ0n) is 13.9. The number of nitrogens with one attached hydrogen (secondary N) is 1. The maximum atomic E-state index is 11.3. The molecule has 130 valence electrons. The Morgan fingerprint density at radius 3 is 3.00 bits per heavy atom. The fraction of sp³-hybridized carbons (Fsp3) is 0.500. The highest BCUT2D eigenvalue weighted by molar-refractivity contribution is 7.88. The summed E-state index contributed by atoms with van der Waals surface area (Å²) in [7, 11) is -3.17. The van der Waals surface area contributed by atoms with Gasteiger partial charge in [-0.05, 0) is 53.1 Å². The molecule has 2 N–H and O–H groups in total. The minimum absolute atomic E-state index is 0.247. The van der Waals surface area contributed by atoms with E-state index in [0.717, 1.165) is 47.4 Å². The predicted octanol–water partition coefficient (Wildman–Crippen LogP) is 0.834. The van der Waals surface area contributed by atoms with Crippen LogP contribution in [0.15, 0.2) is 24.5 Å². The third-order valence-electron chi connectivity index (χ3n) is 4.38. The normalized spacial score (nSPS) is 18.9. The lowest BCUT2D eigenvalue weighted by Gasteiger charge is -2.32. The van der Waals surface area contributed by atoms with E-state index < -0.39 is 10.0 Å². The van der Waals surface area contributed by atoms with Crippen LogP contribution in [0, 0.1) is 12.8 Å². The second-order valence-corrected chi connectivity index (χ2v) is 8.34. The first-order valence-electron chi connectivity index (χ1n) is 8.03. The number of nitrogens with zero attached hydrogens (tertiary/aromatic N) is 3. The number of benzene rings is 1. The Kier molecular flexibility index (Phi) is 4.60. The number of rotatable bonds is 4. The lowest BCUT2D eigenvalue weighted by atomic mass is 9.98. The van der Waals surface area contributed by atoms with Crippen LogP contribution in [0.5, 0.6) is 0 Å². The van der Waals surface area contributed by atoms with E-state index in [0.29, 0.717) is 12.1 Å². The van der Waals surface area contributed by atoms with Gasteiger partial charge in [0.05, 0.1) is 11.6 Å². The zero-order chi connectivity index (χ0) is 17.3. The monoisotopic (exact) mass is 351 g/mol. The van der Waals surface area contributed by atoms with E-state index in [4.69, 9.17) is 0 Å². The molecule has 3 rings (SSSR count). The van der Waals surface area contributed by atoms with Crippen molar-refractivity contribution in [2.24, 2.45) is 5.92 Å². The molecule has 1 fully saturated rings. The summed E-state index contributed by atoms with van der Waals surface area (Å²) in [5, 5.41) is 10.9. The third kappa shape index (κ3) is 3.76. The van der Waals surface area contributed by atoms with Crippen molar-refractivity contribution in [1.82, 2.24) is 9.71 Å². The van der Waals surface area contributed by atoms with Gasteiger partial charge in [0.2, 0.25) is 10.0 Å². The van der Waals surface area contributed by atoms with Gasteiger partial charge in [-0.15, -0.1) is 0 Å². The number of sulfonamides is 1. The molecule has 0 spiro atoms. The quantitative estimate of drug-likeness (QED) is 0.629. The summed E-state index contributed by atoms with van der Waals surface area (Å²) < 4.78 is 26.2. The largest absolute Gasteiger partial charge is 0.349 e. The van der Waals surface area contributed by atoms with Gasteiger partial charge in [0.25, 0.3) is 5.82 Å². The van der Waals surface area contributed by atoms with Crippen molar-refractivity contribution in [3.63, 3.8) is 0 Å². The van der Waals surface area contributed by atoms with Gasteiger partial charge in [-0.1, -0.05) is 6.07 Å². The molecule has 0 bridgehead atoms. The van der Waals surface area contributed by atoms with E-state index in [-0.39, 0.29) is 5.92 Å². The number of hydrogen-bond donors (Lipinski definition) is 2.